The highest BCUT2D eigenvalue weighted by Crippen LogP contribution is 2.46. The molecule has 1 aromatic heterocycles. The number of nitrogens with zero attached hydrogens (tertiary/aromatic N) is 1. The Hall–Kier alpha value is -4.57. The maximum Gasteiger partial charge on any atom is 0.262 e. The molecular formula is C31H23NO3. The Morgan fingerprint density at radius 1 is 0.714 bits per heavy atom. The highest BCUT2D eigenvalue weighted by atomic mass is 16.5. The van der Waals surface area contributed by atoms with Crippen LogP contribution in [0.4, 0.5) is 0 Å². The molecular weight excluding hydrogens is 434 g/mol. The zero-order valence-electron chi connectivity index (χ0n) is 19.3. The zero-order chi connectivity index (χ0) is 23.8. The predicted octanol–water partition coefficient (Wildman–Crippen LogP) is 6.74. The first-order chi connectivity index (χ1) is 17.3. The molecule has 0 amide bonds. The number of hydrogen-bond donors (Lipinski definition) is 0. The molecule has 5 aromatic rings. The minimum Gasteiger partial charge on any atom is -0.497 e. The van der Waals surface area contributed by atoms with Crippen LogP contribution in [0.25, 0.3) is 39.2 Å². The van der Waals surface area contributed by atoms with Crippen LogP contribution in [0.3, 0.4) is 0 Å². The summed E-state index contributed by atoms with van der Waals surface area (Å²) >= 11 is 0. The van der Waals surface area contributed by atoms with Crippen molar-refractivity contribution in [2.75, 3.05) is 7.11 Å². The van der Waals surface area contributed by atoms with Gasteiger partial charge in [0.2, 0.25) is 0 Å². The van der Waals surface area contributed by atoms with Gasteiger partial charge in [0.15, 0.2) is 0 Å². The predicted molar refractivity (Wildman–Crippen MR) is 139 cm³/mol. The Bertz CT molecular complexity index is 1570. The molecule has 0 fully saturated rings. The third-order valence-electron chi connectivity index (χ3n) is 6.44. The molecule has 0 saturated carbocycles. The molecule has 1 aliphatic heterocycles. The van der Waals surface area contributed by atoms with Crippen molar-refractivity contribution in [2.45, 2.75) is 6.61 Å². The van der Waals surface area contributed by atoms with Gasteiger partial charge in [-0.05, 0) is 41.5 Å². The van der Waals surface area contributed by atoms with Gasteiger partial charge in [0.25, 0.3) is 5.56 Å². The lowest BCUT2D eigenvalue weighted by Gasteiger charge is -2.28. The van der Waals surface area contributed by atoms with Gasteiger partial charge < -0.3 is 9.47 Å². The highest BCUT2D eigenvalue weighted by Gasteiger charge is 2.29. The first-order valence-corrected chi connectivity index (χ1v) is 11.6. The minimum atomic E-state index is -0.0850. The average Bonchev–Trinajstić information content (AvgIpc) is 2.94. The quantitative estimate of drug-likeness (QED) is 0.300. The third-order valence-corrected chi connectivity index (χ3v) is 6.44. The second kappa shape index (κ2) is 8.65. The molecule has 0 radical (unpaired) electrons. The van der Waals surface area contributed by atoms with Crippen molar-refractivity contribution < 1.29 is 9.47 Å². The van der Waals surface area contributed by atoms with Gasteiger partial charge in [-0.3, -0.25) is 9.36 Å². The van der Waals surface area contributed by atoms with E-state index in [-0.39, 0.29) is 12.2 Å². The summed E-state index contributed by atoms with van der Waals surface area (Å²) in [5.74, 6) is 1.53. The maximum atomic E-state index is 14.2. The standard InChI is InChI=1S/C31H23NO3/c1-34-24-18-16-23(17-19-24)32-30(22-12-6-3-7-13-22)28(21-10-4-2-5-11-21)29-25-14-8-9-15-27(25)35-20-26(29)31(32)33/h2-19H,20H2,1H3. The topological polar surface area (TPSA) is 40.5 Å². The number of rotatable bonds is 4. The van der Waals surface area contributed by atoms with Crippen molar-refractivity contribution >= 4 is 0 Å². The second-order valence-corrected chi connectivity index (χ2v) is 8.43. The maximum absolute atomic E-state index is 14.2. The van der Waals surface area contributed by atoms with Gasteiger partial charge in [-0.1, -0.05) is 78.9 Å². The number of methoxy groups -OCH3 is 1. The Morgan fingerprint density at radius 3 is 2.03 bits per heavy atom. The molecule has 0 N–H and O–H groups in total. The lowest BCUT2D eigenvalue weighted by atomic mass is 9.86. The number of ether oxygens (including phenoxy) is 2. The fourth-order valence-corrected chi connectivity index (χ4v) is 4.84. The number of aromatic nitrogens is 1. The summed E-state index contributed by atoms with van der Waals surface area (Å²) in [6.07, 6.45) is 0. The zero-order valence-corrected chi connectivity index (χ0v) is 19.3. The molecule has 4 aromatic carbocycles. The van der Waals surface area contributed by atoms with Crippen LogP contribution in [0.1, 0.15) is 5.56 Å². The molecule has 0 unspecified atom stereocenters. The minimum absolute atomic E-state index is 0.0850. The Labute approximate surface area is 203 Å². The molecule has 170 valence electrons. The molecule has 0 aliphatic carbocycles. The van der Waals surface area contributed by atoms with Crippen molar-refractivity contribution in [3.63, 3.8) is 0 Å². The van der Waals surface area contributed by atoms with E-state index in [0.717, 1.165) is 50.7 Å². The number of benzene rings is 4. The van der Waals surface area contributed by atoms with Crippen LogP contribution in [0.5, 0.6) is 11.5 Å². The summed E-state index contributed by atoms with van der Waals surface area (Å²) in [5, 5.41) is 0. The SMILES string of the molecule is COc1ccc(-n2c(-c3ccccc3)c(-c3ccccc3)c3c(c2=O)COc2ccccc2-3)cc1. The smallest absolute Gasteiger partial charge is 0.262 e. The normalized spacial score (nSPS) is 11.8. The fraction of sp³-hybridized carbons (Fsp3) is 0.0645. The third kappa shape index (κ3) is 3.51. The molecule has 2 heterocycles. The average molecular weight is 458 g/mol. The van der Waals surface area contributed by atoms with Crippen LogP contribution in [-0.2, 0) is 6.61 Å². The van der Waals surface area contributed by atoms with Crippen molar-refractivity contribution in [3.05, 3.63) is 125 Å². The molecule has 0 bridgehead atoms. The number of hydrogen-bond acceptors (Lipinski definition) is 3. The number of pyridine rings is 1. The van der Waals surface area contributed by atoms with Crippen molar-refractivity contribution in [2.24, 2.45) is 0 Å². The van der Waals surface area contributed by atoms with E-state index in [9.17, 15) is 4.79 Å². The summed E-state index contributed by atoms with van der Waals surface area (Å²) in [7, 11) is 1.64. The van der Waals surface area contributed by atoms with Crippen LogP contribution in [-0.4, -0.2) is 11.7 Å². The van der Waals surface area contributed by atoms with Crippen LogP contribution in [0.2, 0.25) is 0 Å². The Balaban J connectivity index is 1.81. The molecule has 1 aliphatic rings. The van der Waals surface area contributed by atoms with Gasteiger partial charge in [-0.2, -0.15) is 0 Å². The Kier molecular flexibility index (Phi) is 5.19. The van der Waals surface area contributed by atoms with Gasteiger partial charge in [0, 0.05) is 22.4 Å². The summed E-state index contributed by atoms with van der Waals surface area (Å²) in [5.41, 5.74) is 7.08. The van der Waals surface area contributed by atoms with E-state index in [2.05, 4.69) is 24.3 Å². The van der Waals surface area contributed by atoms with E-state index in [1.54, 1.807) is 7.11 Å². The van der Waals surface area contributed by atoms with Gasteiger partial charge in [0.05, 0.1) is 18.4 Å². The summed E-state index contributed by atoms with van der Waals surface area (Å²) < 4.78 is 13.2. The first-order valence-electron chi connectivity index (χ1n) is 11.6. The number of para-hydroxylation sites is 1. The summed E-state index contributed by atoms with van der Waals surface area (Å²) in [6, 6.07) is 35.9. The Morgan fingerprint density at radius 2 is 1.34 bits per heavy atom. The van der Waals surface area contributed by atoms with E-state index in [1.807, 2.05) is 89.5 Å². The lowest BCUT2D eigenvalue weighted by Crippen LogP contribution is -2.28. The van der Waals surface area contributed by atoms with Crippen molar-refractivity contribution in [3.8, 4) is 50.7 Å². The molecule has 0 saturated heterocycles. The van der Waals surface area contributed by atoms with E-state index in [4.69, 9.17) is 9.47 Å². The van der Waals surface area contributed by atoms with Crippen molar-refractivity contribution in [1.82, 2.24) is 4.57 Å². The van der Waals surface area contributed by atoms with Gasteiger partial charge in [0.1, 0.15) is 18.1 Å². The molecule has 0 atom stereocenters. The summed E-state index contributed by atoms with van der Waals surface area (Å²) in [6.45, 7) is 0.218. The first kappa shape index (κ1) is 21.0. The number of fused-ring (bicyclic) bond motifs is 3. The van der Waals surface area contributed by atoms with Crippen LogP contribution >= 0.6 is 0 Å². The molecule has 4 nitrogen and oxygen atoms in total. The lowest BCUT2D eigenvalue weighted by molar-refractivity contribution is 0.300. The summed E-state index contributed by atoms with van der Waals surface area (Å²) in [4.78, 5) is 14.2. The van der Waals surface area contributed by atoms with Crippen LogP contribution < -0.4 is 15.0 Å². The second-order valence-electron chi connectivity index (χ2n) is 8.43. The van der Waals surface area contributed by atoms with E-state index < -0.39 is 0 Å². The monoisotopic (exact) mass is 457 g/mol. The van der Waals surface area contributed by atoms with Crippen LogP contribution in [0, 0.1) is 0 Å². The molecule has 6 rings (SSSR count). The van der Waals surface area contributed by atoms with E-state index in [0.29, 0.717) is 5.56 Å². The fourth-order valence-electron chi connectivity index (χ4n) is 4.84. The van der Waals surface area contributed by atoms with Gasteiger partial charge in [-0.15, -0.1) is 0 Å². The molecule has 0 spiro atoms. The van der Waals surface area contributed by atoms with Crippen LogP contribution in [0.15, 0.2) is 114 Å². The van der Waals surface area contributed by atoms with Gasteiger partial charge in [-0.25, -0.2) is 0 Å². The van der Waals surface area contributed by atoms with E-state index in [1.165, 1.54) is 0 Å². The molecule has 4 heteroatoms. The van der Waals surface area contributed by atoms with Gasteiger partial charge >= 0.3 is 0 Å². The van der Waals surface area contributed by atoms with E-state index >= 15 is 0 Å². The molecule has 35 heavy (non-hydrogen) atoms. The van der Waals surface area contributed by atoms with Crippen molar-refractivity contribution in [1.29, 1.82) is 0 Å². The highest BCUT2D eigenvalue weighted by molar-refractivity contribution is 5.97. The largest absolute Gasteiger partial charge is 0.497 e.